The van der Waals surface area contributed by atoms with E-state index in [2.05, 4.69) is 41.8 Å². The van der Waals surface area contributed by atoms with Gasteiger partial charge in [0.1, 0.15) is 0 Å². The van der Waals surface area contributed by atoms with Crippen LogP contribution in [0.15, 0.2) is 18.2 Å². The summed E-state index contributed by atoms with van der Waals surface area (Å²) in [6.45, 7) is 4.50. The van der Waals surface area contributed by atoms with Crippen molar-refractivity contribution in [3.05, 3.63) is 23.8 Å². The molecule has 0 bridgehead atoms. The Kier molecular flexibility index (Phi) is 1.91. The summed E-state index contributed by atoms with van der Waals surface area (Å²) in [4.78, 5) is 0. The molecule has 13 heavy (non-hydrogen) atoms. The molecule has 0 radical (unpaired) electrons. The van der Waals surface area contributed by atoms with Crippen LogP contribution < -0.4 is 0 Å². The molecule has 2 nitrogen and oxygen atoms in total. The molecular weight excluding hydrogens is 160 g/mol. The van der Waals surface area contributed by atoms with Gasteiger partial charge < -0.3 is 0 Å². The van der Waals surface area contributed by atoms with Crippen molar-refractivity contribution in [3.63, 3.8) is 0 Å². The van der Waals surface area contributed by atoms with Crippen LogP contribution in [0.4, 0.5) is 0 Å². The van der Waals surface area contributed by atoms with Crippen molar-refractivity contribution in [2.75, 3.05) is 0 Å². The number of hydrogen-bond acceptors (Lipinski definition) is 0. The van der Waals surface area contributed by atoms with Gasteiger partial charge in [0.25, 0.3) is 0 Å². The Morgan fingerprint density at radius 2 is 2.23 bits per heavy atom. The lowest BCUT2D eigenvalue weighted by Crippen LogP contribution is -2.06. The van der Waals surface area contributed by atoms with Crippen LogP contribution >= 0.6 is 0 Å². The second-order valence-corrected chi connectivity index (χ2v) is 4.12. The summed E-state index contributed by atoms with van der Waals surface area (Å²) in [5.41, 5.74) is 4.00. The van der Waals surface area contributed by atoms with Crippen LogP contribution in [0, 0.1) is 5.92 Å². The maximum atomic E-state index is 3.20. The van der Waals surface area contributed by atoms with Crippen molar-refractivity contribution < 1.29 is 1.43 Å². The Morgan fingerprint density at radius 3 is 2.85 bits per heavy atom. The minimum absolute atomic E-state index is 0. The zero-order chi connectivity index (χ0) is 9.42. The minimum atomic E-state index is 0. The third-order valence-corrected chi connectivity index (χ3v) is 2.36. The van der Waals surface area contributed by atoms with E-state index in [0.29, 0.717) is 0 Å². The van der Waals surface area contributed by atoms with E-state index in [4.69, 9.17) is 0 Å². The summed E-state index contributed by atoms with van der Waals surface area (Å²) in [5, 5.41) is 3.20. The van der Waals surface area contributed by atoms with Crippen LogP contribution in [0.25, 0.3) is 11.0 Å². The molecule has 1 heterocycles. The average molecular weight is 178 g/mol. The quantitative estimate of drug-likeness (QED) is 0.730. The highest BCUT2D eigenvalue weighted by Crippen LogP contribution is 2.17. The Bertz CT molecular complexity index is 412. The van der Waals surface area contributed by atoms with Crippen LogP contribution in [0.1, 0.15) is 20.8 Å². The molecule has 0 aliphatic heterocycles. The molecule has 72 valence electrons. The third kappa shape index (κ3) is 1.48. The largest absolute Gasteiger partial charge is 0.296 e. The van der Waals surface area contributed by atoms with E-state index in [1.54, 1.807) is 0 Å². The molecule has 2 aromatic rings. The fourth-order valence-electron chi connectivity index (χ4n) is 1.74. The second-order valence-electron chi connectivity index (χ2n) is 4.12. The van der Waals surface area contributed by atoms with Gasteiger partial charge in [0.05, 0.1) is 11.0 Å². The van der Waals surface area contributed by atoms with E-state index in [0.717, 1.165) is 5.92 Å². The zero-order valence-electron chi connectivity index (χ0n) is 8.46. The Hall–Kier alpha value is -1.18. The van der Waals surface area contributed by atoms with Crippen molar-refractivity contribution in [2.24, 2.45) is 13.0 Å². The van der Waals surface area contributed by atoms with E-state index in [1.807, 2.05) is 7.05 Å². The van der Waals surface area contributed by atoms with E-state index < -0.39 is 0 Å². The van der Waals surface area contributed by atoms with Gasteiger partial charge in [-0.25, -0.2) is 0 Å². The summed E-state index contributed by atoms with van der Waals surface area (Å²) in [5.74, 6) is 0.733. The number of rotatable bonds is 2. The molecule has 1 N–H and O–H groups in total. The number of fused-ring (bicyclic) bond motifs is 1. The summed E-state index contributed by atoms with van der Waals surface area (Å²) >= 11 is 0. The number of nitrogens with one attached hydrogen (secondary N) is 1. The molecule has 0 saturated heterocycles. The molecule has 0 spiro atoms. The number of aromatic nitrogens is 2. The van der Waals surface area contributed by atoms with Gasteiger partial charge in [-0.15, -0.1) is 0 Å². The highest BCUT2D eigenvalue weighted by molar-refractivity contribution is 5.77. The first-order valence-corrected chi connectivity index (χ1v) is 4.80. The highest BCUT2D eigenvalue weighted by Gasteiger charge is 2.03. The van der Waals surface area contributed by atoms with Crippen LogP contribution in [-0.2, 0) is 13.5 Å². The number of aromatic amines is 1. The van der Waals surface area contributed by atoms with E-state index in [9.17, 15) is 0 Å². The van der Waals surface area contributed by atoms with Gasteiger partial charge in [0.15, 0.2) is 0 Å². The van der Waals surface area contributed by atoms with Gasteiger partial charge in [-0.3, -0.25) is 9.78 Å². The molecule has 0 unspecified atom stereocenters. The first-order chi connectivity index (χ1) is 6.16. The van der Waals surface area contributed by atoms with Gasteiger partial charge >= 0.3 is 0 Å². The predicted molar refractivity (Wildman–Crippen MR) is 57.9 cm³/mol. The minimum Gasteiger partial charge on any atom is -0.296 e. The first-order valence-electron chi connectivity index (χ1n) is 4.80. The SMILES string of the molecule is CC(C)Cc1ccc2[nH]n(C)c2c1.[HH]. The number of H-pyrrole nitrogens is 1. The van der Waals surface area contributed by atoms with E-state index in [-0.39, 0.29) is 1.43 Å². The first kappa shape index (κ1) is 8.42. The Labute approximate surface area is 80.0 Å². The standard InChI is InChI=1S/C11H16N2.H2/c1-8(2)6-9-4-5-10-11(7-9)13(3)12-10;/h4-5,7-8,12H,6H2,1-3H3;1H. The van der Waals surface area contributed by atoms with Crippen molar-refractivity contribution in [2.45, 2.75) is 20.3 Å². The maximum absolute atomic E-state index is 3.20. The molecule has 1 aromatic carbocycles. The summed E-state index contributed by atoms with van der Waals surface area (Å²) < 4.78 is 2.05. The van der Waals surface area contributed by atoms with Crippen LogP contribution in [0.5, 0.6) is 0 Å². The van der Waals surface area contributed by atoms with E-state index in [1.165, 1.54) is 23.0 Å². The van der Waals surface area contributed by atoms with Crippen LogP contribution in [0.3, 0.4) is 0 Å². The fraction of sp³-hybridized carbons (Fsp3) is 0.455. The van der Waals surface area contributed by atoms with Gasteiger partial charge in [0.2, 0.25) is 0 Å². The van der Waals surface area contributed by atoms with Gasteiger partial charge in [-0.2, -0.15) is 0 Å². The molecule has 1 aromatic heterocycles. The summed E-state index contributed by atoms with van der Waals surface area (Å²) in [6, 6.07) is 6.64. The molecule has 2 rings (SSSR count). The van der Waals surface area contributed by atoms with Gasteiger partial charge in [-0.1, -0.05) is 19.9 Å². The Morgan fingerprint density at radius 1 is 1.46 bits per heavy atom. The smallest absolute Gasteiger partial charge is 0.0820 e. The molecule has 0 fully saturated rings. The molecule has 0 amide bonds. The highest BCUT2D eigenvalue weighted by atomic mass is 15.3. The lowest BCUT2D eigenvalue weighted by molar-refractivity contribution is 0.646. The van der Waals surface area contributed by atoms with Gasteiger partial charge in [0, 0.05) is 8.47 Å². The predicted octanol–water partition coefficient (Wildman–Crippen LogP) is 2.95. The van der Waals surface area contributed by atoms with Crippen molar-refractivity contribution in [1.29, 1.82) is 0 Å². The fourth-order valence-corrected chi connectivity index (χ4v) is 1.74. The lowest BCUT2D eigenvalue weighted by Gasteiger charge is -2.13. The van der Waals surface area contributed by atoms with E-state index >= 15 is 0 Å². The zero-order valence-corrected chi connectivity index (χ0v) is 8.46. The maximum Gasteiger partial charge on any atom is 0.0820 e. The number of hydrogen-bond donors (Lipinski definition) is 1. The number of nitrogens with zero attached hydrogens (tertiary/aromatic N) is 1. The topological polar surface area (TPSA) is 20.7 Å². The van der Waals surface area contributed by atoms with Gasteiger partial charge in [-0.05, 0) is 30.0 Å². The average Bonchev–Trinajstić information content (AvgIpc) is 2.05. The molecule has 0 atom stereocenters. The molecular formula is C11H18N2. The monoisotopic (exact) mass is 178 g/mol. The summed E-state index contributed by atoms with van der Waals surface area (Å²) in [6.07, 6.45) is 1.17. The lowest BCUT2D eigenvalue weighted by atomic mass is 10.0. The summed E-state index contributed by atoms with van der Waals surface area (Å²) in [7, 11) is 2.04. The number of benzene rings is 1. The second kappa shape index (κ2) is 2.95. The van der Waals surface area contributed by atoms with Crippen molar-refractivity contribution in [3.8, 4) is 0 Å². The van der Waals surface area contributed by atoms with Crippen LogP contribution in [-0.4, -0.2) is 9.78 Å². The number of aryl methyl sites for hydroxylation is 1. The normalized spacial score (nSPS) is 11.7. The molecule has 0 aliphatic carbocycles. The van der Waals surface area contributed by atoms with Crippen LogP contribution in [0.2, 0.25) is 0 Å². The van der Waals surface area contributed by atoms with Crippen molar-refractivity contribution in [1.82, 2.24) is 9.78 Å². The molecule has 0 saturated carbocycles. The van der Waals surface area contributed by atoms with Crippen molar-refractivity contribution >= 4 is 11.0 Å². The Balaban J connectivity index is 0.000000980. The third-order valence-electron chi connectivity index (χ3n) is 2.36. The molecule has 0 aliphatic rings. The molecule has 2 heteroatoms.